The number of H-pyrrole nitrogens is 1. The molecule has 0 saturated carbocycles. The standard InChI is InChI=1S/C14H15IN2O3/c1-19-8-11-13(15)14(18)17-12(16-11)7-9-4-3-5-10(6-9)20-2/h3-6H,7-8H2,1-2H3,(H,16,17,18). The van der Waals surface area contributed by atoms with Gasteiger partial charge in [-0.15, -0.1) is 0 Å². The van der Waals surface area contributed by atoms with Gasteiger partial charge in [-0.25, -0.2) is 4.98 Å². The highest BCUT2D eigenvalue weighted by Crippen LogP contribution is 2.15. The summed E-state index contributed by atoms with van der Waals surface area (Å²) in [6.45, 7) is 0.327. The number of nitrogens with zero attached hydrogens (tertiary/aromatic N) is 1. The lowest BCUT2D eigenvalue weighted by molar-refractivity contribution is 0.180. The number of aromatic nitrogens is 2. The van der Waals surface area contributed by atoms with E-state index in [0.29, 0.717) is 28.1 Å². The zero-order valence-corrected chi connectivity index (χ0v) is 13.4. The van der Waals surface area contributed by atoms with E-state index in [4.69, 9.17) is 9.47 Å². The highest BCUT2D eigenvalue weighted by Gasteiger charge is 2.09. The zero-order valence-electron chi connectivity index (χ0n) is 11.3. The van der Waals surface area contributed by atoms with Gasteiger partial charge in [-0.1, -0.05) is 12.1 Å². The molecule has 20 heavy (non-hydrogen) atoms. The van der Waals surface area contributed by atoms with Gasteiger partial charge in [-0.3, -0.25) is 4.79 Å². The summed E-state index contributed by atoms with van der Waals surface area (Å²) in [6.07, 6.45) is 0.542. The number of benzene rings is 1. The van der Waals surface area contributed by atoms with Crippen molar-refractivity contribution in [1.29, 1.82) is 0 Å². The molecule has 0 unspecified atom stereocenters. The minimum absolute atomic E-state index is 0.134. The molecule has 0 aliphatic carbocycles. The monoisotopic (exact) mass is 386 g/mol. The minimum Gasteiger partial charge on any atom is -0.497 e. The molecule has 0 atom stereocenters. The molecule has 0 spiro atoms. The van der Waals surface area contributed by atoms with Crippen LogP contribution in [0.15, 0.2) is 29.1 Å². The third kappa shape index (κ3) is 3.57. The van der Waals surface area contributed by atoms with Crippen molar-refractivity contribution in [2.45, 2.75) is 13.0 Å². The number of ether oxygens (including phenoxy) is 2. The van der Waals surface area contributed by atoms with Gasteiger partial charge in [-0.05, 0) is 40.3 Å². The predicted molar refractivity (Wildman–Crippen MR) is 84.1 cm³/mol. The van der Waals surface area contributed by atoms with Crippen LogP contribution in [0.3, 0.4) is 0 Å². The van der Waals surface area contributed by atoms with Gasteiger partial charge < -0.3 is 14.5 Å². The molecule has 0 aliphatic heterocycles. The molecule has 0 fully saturated rings. The van der Waals surface area contributed by atoms with Crippen molar-refractivity contribution in [2.24, 2.45) is 0 Å². The van der Waals surface area contributed by atoms with Crippen LogP contribution in [-0.2, 0) is 17.8 Å². The Balaban J connectivity index is 2.31. The van der Waals surface area contributed by atoms with Crippen LogP contribution in [-0.4, -0.2) is 24.2 Å². The topological polar surface area (TPSA) is 64.2 Å². The van der Waals surface area contributed by atoms with E-state index in [1.54, 1.807) is 14.2 Å². The highest BCUT2D eigenvalue weighted by molar-refractivity contribution is 14.1. The van der Waals surface area contributed by atoms with E-state index < -0.39 is 0 Å². The third-order valence-electron chi connectivity index (χ3n) is 2.77. The fraction of sp³-hybridized carbons (Fsp3) is 0.286. The van der Waals surface area contributed by atoms with Gasteiger partial charge in [0.15, 0.2) is 0 Å². The average Bonchev–Trinajstić information content (AvgIpc) is 2.44. The SMILES string of the molecule is COCc1nc(Cc2cccc(OC)c2)[nH]c(=O)c1I. The first-order chi connectivity index (χ1) is 9.63. The first kappa shape index (κ1) is 15.0. The number of hydrogen-bond donors (Lipinski definition) is 1. The lowest BCUT2D eigenvalue weighted by atomic mass is 10.1. The molecule has 0 aliphatic rings. The third-order valence-corrected chi connectivity index (χ3v) is 3.88. The van der Waals surface area contributed by atoms with Crippen LogP contribution < -0.4 is 10.3 Å². The molecule has 0 bridgehead atoms. The summed E-state index contributed by atoms with van der Waals surface area (Å²) in [7, 11) is 3.21. The second kappa shape index (κ2) is 6.85. The van der Waals surface area contributed by atoms with Crippen LogP contribution in [0.5, 0.6) is 5.75 Å². The highest BCUT2D eigenvalue weighted by atomic mass is 127. The summed E-state index contributed by atoms with van der Waals surface area (Å²) >= 11 is 1.98. The molecule has 6 heteroatoms. The van der Waals surface area contributed by atoms with Crippen molar-refractivity contribution in [3.8, 4) is 5.75 Å². The summed E-state index contributed by atoms with van der Waals surface area (Å²) < 4.78 is 10.8. The largest absolute Gasteiger partial charge is 0.497 e. The van der Waals surface area contributed by atoms with Gasteiger partial charge in [0.05, 0.1) is 19.4 Å². The average molecular weight is 386 g/mol. The lowest BCUT2D eigenvalue weighted by Crippen LogP contribution is -2.18. The smallest absolute Gasteiger partial charge is 0.264 e. The molecule has 1 N–H and O–H groups in total. The van der Waals surface area contributed by atoms with Crippen molar-refractivity contribution in [2.75, 3.05) is 14.2 Å². The molecule has 106 valence electrons. The van der Waals surface area contributed by atoms with Gasteiger partial charge in [-0.2, -0.15) is 0 Å². The Bertz CT molecular complexity index is 655. The normalized spacial score (nSPS) is 10.6. The Morgan fingerprint density at radius 2 is 2.15 bits per heavy atom. The maximum atomic E-state index is 11.9. The van der Waals surface area contributed by atoms with Gasteiger partial charge in [0.1, 0.15) is 15.1 Å². The molecule has 2 aromatic rings. The van der Waals surface area contributed by atoms with Crippen molar-refractivity contribution in [3.05, 3.63) is 55.3 Å². The Labute approximate surface area is 130 Å². The van der Waals surface area contributed by atoms with E-state index in [0.717, 1.165) is 11.3 Å². The van der Waals surface area contributed by atoms with Gasteiger partial charge in [0.25, 0.3) is 5.56 Å². The number of rotatable bonds is 5. The Kier molecular flexibility index (Phi) is 5.13. The summed E-state index contributed by atoms with van der Waals surface area (Å²) in [5, 5.41) is 0. The number of methoxy groups -OCH3 is 2. The van der Waals surface area contributed by atoms with E-state index in [1.165, 1.54) is 0 Å². The fourth-order valence-electron chi connectivity index (χ4n) is 1.85. The zero-order chi connectivity index (χ0) is 14.5. The van der Waals surface area contributed by atoms with Crippen molar-refractivity contribution in [1.82, 2.24) is 9.97 Å². The number of nitrogens with one attached hydrogen (secondary N) is 1. The second-order valence-corrected chi connectivity index (χ2v) is 5.31. The van der Waals surface area contributed by atoms with E-state index in [1.807, 2.05) is 46.9 Å². The summed E-state index contributed by atoms with van der Waals surface area (Å²) in [4.78, 5) is 19.1. The van der Waals surface area contributed by atoms with Crippen molar-refractivity contribution >= 4 is 22.6 Å². The number of hydrogen-bond acceptors (Lipinski definition) is 4. The maximum absolute atomic E-state index is 11.9. The summed E-state index contributed by atoms with van der Waals surface area (Å²) in [5.41, 5.74) is 1.55. The molecule has 0 radical (unpaired) electrons. The van der Waals surface area contributed by atoms with Gasteiger partial charge in [0.2, 0.25) is 0 Å². The molecular weight excluding hydrogens is 371 g/mol. The van der Waals surface area contributed by atoms with Crippen LogP contribution >= 0.6 is 22.6 Å². The fourth-order valence-corrected chi connectivity index (χ4v) is 2.26. The Morgan fingerprint density at radius 1 is 1.35 bits per heavy atom. The van der Waals surface area contributed by atoms with Gasteiger partial charge >= 0.3 is 0 Å². The van der Waals surface area contributed by atoms with Crippen molar-refractivity contribution in [3.63, 3.8) is 0 Å². The minimum atomic E-state index is -0.134. The molecule has 0 saturated heterocycles. The molecule has 0 amide bonds. The summed E-state index contributed by atoms with van der Waals surface area (Å²) in [6, 6.07) is 7.68. The maximum Gasteiger partial charge on any atom is 0.264 e. The lowest BCUT2D eigenvalue weighted by Gasteiger charge is -2.07. The van der Waals surface area contributed by atoms with Crippen LogP contribution in [0.2, 0.25) is 0 Å². The number of aromatic amines is 1. The van der Waals surface area contributed by atoms with Gasteiger partial charge in [0, 0.05) is 13.5 Å². The molecule has 5 nitrogen and oxygen atoms in total. The molecule has 1 heterocycles. The van der Waals surface area contributed by atoms with Crippen LogP contribution in [0.1, 0.15) is 17.1 Å². The predicted octanol–water partition coefficient (Wildman–Crippen LogP) is 2.12. The number of halogens is 1. The molecule has 1 aromatic carbocycles. The molecule has 1 aromatic heterocycles. The van der Waals surface area contributed by atoms with Crippen molar-refractivity contribution < 1.29 is 9.47 Å². The van der Waals surface area contributed by atoms with E-state index in [2.05, 4.69) is 9.97 Å². The first-order valence-electron chi connectivity index (χ1n) is 6.03. The molecular formula is C14H15IN2O3. The Morgan fingerprint density at radius 3 is 2.85 bits per heavy atom. The summed E-state index contributed by atoms with van der Waals surface area (Å²) in [5.74, 6) is 1.41. The van der Waals surface area contributed by atoms with Crippen LogP contribution in [0.4, 0.5) is 0 Å². The van der Waals surface area contributed by atoms with E-state index in [-0.39, 0.29) is 5.56 Å². The Hall–Kier alpha value is -1.41. The van der Waals surface area contributed by atoms with E-state index in [9.17, 15) is 4.79 Å². The van der Waals surface area contributed by atoms with Crippen LogP contribution in [0.25, 0.3) is 0 Å². The quantitative estimate of drug-likeness (QED) is 0.800. The second-order valence-electron chi connectivity index (χ2n) is 4.23. The van der Waals surface area contributed by atoms with E-state index >= 15 is 0 Å². The molecule has 2 rings (SSSR count). The first-order valence-corrected chi connectivity index (χ1v) is 7.11. The van der Waals surface area contributed by atoms with Crippen LogP contribution in [0, 0.1) is 3.57 Å².